The van der Waals surface area contributed by atoms with E-state index in [1.807, 2.05) is 0 Å². The van der Waals surface area contributed by atoms with E-state index in [1.165, 1.54) is 48.4 Å². The maximum Gasteiger partial charge on any atom is 0.253 e. The number of nitrogens with one attached hydrogen (secondary N) is 1. The zero-order valence-corrected chi connectivity index (χ0v) is 14.8. The third-order valence-corrected chi connectivity index (χ3v) is 4.89. The fraction of sp³-hybridized carbons (Fsp3) is 0.450. The Morgan fingerprint density at radius 3 is 2.62 bits per heavy atom. The lowest BCUT2D eigenvalue weighted by molar-refractivity contribution is -0.122. The van der Waals surface area contributed by atoms with Gasteiger partial charge in [-0.15, -0.1) is 0 Å². The van der Waals surface area contributed by atoms with Crippen molar-refractivity contribution in [3.8, 4) is 11.3 Å². The molecule has 1 aromatic heterocycles. The molecule has 0 atom stereocenters. The Kier molecular flexibility index (Phi) is 6.15. The number of halogens is 1. The summed E-state index contributed by atoms with van der Waals surface area (Å²) < 4.78 is 14.4. The summed E-state index contributed by atoms with van der Waals surface area (Å²) in [4.78, 5) is 28.5. The summed E-state index contributed by atoms with van der Waals surface area (Å²) in [6.07, 6.45) is 8.05. The molecule has 5 nitrogen and oxygen atoms in total. The molecule has 1 fully saturated rings. The zero-order valence-electron chi connectivity index (χ0n) is 14.8. The Balaban J connectivity index is 1.51. The highest BCUT2D eigenvalue weighted by Gasteiger charge is 2.16. The molecule has 0 unspecified atom stereocenters. The molecule has 0 aliphatic heterocycles. The van der Waals surface area contributed by atoms with Crippen molar-refractivity contribution in [2.45, 2.75) is 45.1 Å². The quantitative estimate of drug-likeness (QED) is 0.864. The molecular formula is C20H24FN3O2. The Labute approximate surface area is 152 Å². The number of amides is 1. The molecule has 1 aliphatic carbocycles. The van der Waals surface area contributed by atoms with Crippen molar-refractivity contribution < 1.29 is 9.18 Å². The van der Waals surface area contributed by atoms with Crippen LogP contribution in [0.1, 0.15) is 38.5 Å². The standard InChI is InChI=1S/C20H24FN3O2/c21-17-8-6-16(7-9-17)18-13-20(26)24(14-23-18)11-10-22-19(25)12-15-4-2-1-3-5-15/h6-9,13-15H,1-5,10-12H2,(H,22,25). The lowest BCUT2D eigenvalue weighted by atomic mass is 9.87. The van der Waals surface area contributed by atoms with E-state index in [0.29, 0.717) is 36.7 Å². The average molecular weight is 357 g/mol. The van der Waals surface area contributed by atoms with E-state index >= 15 is 0 Å². The minimum atomic E-state index is -0.328. The van der Waals surface area contributed by atoms with E-state index in [2.05, 4.69) is 10.3 Å². The number of carbonyl (C=O) groups excluding carboxylic acids is 1. The summed E-state index contributed by atoms with van der Waals surface area (Å²) in [5.74, 6) is 0.232. The molecule has 138 valence electrons. The lowest BCUT2D eigenvalue weighted by Gasteiger charge is -2.20. The molecule has 26 heavy (non-hydrogen) atoms. The molecule has 1 N–H and O–H groups in total. The summed E-state index contributed by atoms with van der Waals surface area (Å²) in [6, 6.07) is 7.28. The molecule has 2 aromatic rings. The lowest BCUT2D eigenvalue weighted by Crippen LogP contribution is -2.32. The second-order valence-corrected chi connectivity index (χ2v) is 6.87. The van der Waals surface area contributed by atoms with Crippen molar-refractivity contribution >= 4 is 5.91 Å². The summed E-state index contributed by atoms with van der Waals surface area (Å²) in [5, 5.41) is 2.89. The van der Waals surface area contributed by atoms with Crippen molar-refractivity contribution in [3.05, 3.63) is 52.8 Å². The number of nitrogens with zero attached hydrogens (tertiary/aromatic N) is 2. The van der Waals surface area contributed by atoms with Gasteiger partial charge in [0.05, 0.1) is 12.0 Å². The monoisotopic (exact) mass is 357 g/mol. The van der Waals surface area contributed by atoms with Gasteiger partial charge in [0.1, 0.15) is 5.82 Å². The molecule has 0 spiro atoms. The van der Waals surface area contributed by atoms with Gasteiger partial charge in [-0.3, -0.25) is 14.2 Å². The predicted molar refractivity (Wildman–Crippen MR) is 98.1 cm³/mol. The van der Waals surface area contributed by atoms with Gasteiger partial charge in [0.25, 0.3) is 5.56 Å². The van der Waals surface area contributed by atoms with Crippen LogP contribution < -0.4 is 10.9 Å². The van der Waals surface area contributed by atoms with Crippen molar-refractivity contribution in [2.75, 3.05) is 6.54 Å². The summed E-state index contributed by atoms with van der Waals surface area (Å²) in [5.41, 5.74) is 1.00. The Morgan fingerprint density at radius 2 is 1.92 bits per heavy atom. The number of aromatic nitrogens is 2. The van der Waals surface area contributed by atoms with E-state index < -0.39 is 0 Å². The Morgan fingerprint density at radius 1 is 1.19 bits per heavy atom. The number of carbonyl (C=O) groups is 1. The smallest absolute Gasteiger partial charge is 0.253 e. The first-order chi connectivity index (χ1) is 12.6. The molecule has 1 amide bonds. The van der Waals surface area contributed by atoms with Crippen LogP contribution in [0.25, 0.3) is 11.3 Å². The van der Waals surface area contributed by atoms with Crippen molar-refractivity contribution in [1.29, 1.82) is 0 Å². The van der Waals surface area contributed by atoms with Crippen LogP contribution >= 0.6 is 0 Å². The predicted octanol–water partition coefficient (Wildman–Crippen LogP) is 3.14. The van der Waals surface area contributed by atoms with Gasteiger partial charge < -0.3 is 5.32 Å². The highest BCUT2D eigenvalue weighted by molar-refractivity contribution is 5.76. The van der Waals surface area contributed by atoms with E-state index in [9.17, 15) is 14.0 Å². The second-order valence-electron chi connectivity index (χ2n) is 6.87. The van der Waals surface area contributed by atoms with Crippen LogP contribution in [0.5, 0.6) is 0 Å². The first kappa shape index (κ1) is 18.3. The first-order valence-electron chi connectivity index (χ1n) is 9.21. The molecule has 0 bridgehead atoms. The van der Waals surface area contributed by atoms with Gasteiger partial charge in [-0.1, -0.05) is 19.3 Å². The molecule has 6 heteroatoms. The third-order valence-electron chi connectivity index (χ3n) is 4.89. The van der Waals surface area contributed by atoms with Gasteiger partial charge in [-0.2, -0.15) is 0 Å². The van der Waals surface area contributed by atoms with Crippen molar-refractivity contribution in [2.24, 2.45) is 5.92 Å². The first-order valence-corrected chi connectivity index (χ1v) is 9.21. The average Bonchev–Trinajstić information content (AvgIpc) is 2.64. The number of hydrogen-bond donors (Lipinski definition) is 1. The van der Waals surface area contributed by atoms with Gasteiger partial charge in [-0.25, -0.2) is 9.37 Å². The number of rotatable bonds is 6. The fourth-order valence-electron chi connectivity index (χ4n) is 3.41. The third kappa shape index (κ3) is 5.00. The summed E-state index contributed by atoms with van der Waals surface area (Å²) >= 11 is 0. The highest BCUT2D eigenvalue weighted by Crippen LogP contribution is 2.26. The minimum absolute atomic E-state index is 0.0563. The van der Waals surface area contributed by atoms with E-state index in [0.717, 1.165) is 12.8 Å². The maximum atomic E-state index is 13.0. The van der Waals surface area contributed by atoms with Gasteiger partial charge in [-0.05, 0) is 43.0 Å². The molecule has 0 saturated heterocycles. The van der Waals surface area contributed by atoms with E-state index in [1.54, 1.807) is 12.1 Å². The molecule has 0 radical (unpaired) electrons. The van der Waals surface area contributed by atoms with Gasteiger partial charge in [0.2, 0.25) is 5.91 Å². The molecule has 3 rings (SSSR count). The van der Waals surface area contributed by atoms with Gasteiger partial charge in [0, 0.05) is 31.1 Å². The van der Waals surface area contributed by atoms with Crippen LogP contribution in [-0.2, 0) is 11.3 Å². The molecule has 1 heterocycles. The zero-order chi connectivity index (χ0) is 18.4. The molecule has 1 saturated carbocycles. The van der Waals surface area contributed by atoms with Gasteiger partial charge in [0.15, 0.2) is 0 Å². The van der Waals surface area contributed by atoms with Crippen LogP contribution in [0.2, 0.25) is 0 Å². The van der Waals surface area contributed by atoms with Gasteiger partial charge >= 0.3 is 0 Å². The summed E-state index contributed by atoms with van der Waals surface area (Å²) in [6.45, 7) is 0.787. The topological polar surface area (TPSA) is 64.0 Å². The highest BCUT2D eigenvalue weighted by atomic mass is 19.1. The summed E-state index contributed by atoms with van der Waals surface area (Å²) in [7, 11) is 0. The Bertz CT molecular complexity index is 795. The van der Waals surface area contributed by atoms with Crippen LogP contribution in [0.15, 0.2) is 41.5 Å². The van der Waals surface area contributed by atoms with E-state index in [4.69, 9.17) is 0 Å². The maximum absolute atomic E-state index is 13.0. The van der Waals surface area contributed by atoms with Crippen molar-refractivity contribution in [1.82, 2.24) is 14.9 Å². The largest absolute Gasteiger partial charge is 0.354 e. The number of benzene rings is 1. The van der Waals surface area contributed by atoms with E-state index in [-0.39, 0.29) is 17.3 Å². The van der Waals surface area contributed by atoms with Crippen LogP contribution in [0, 0.1) is 11.7 Å². The fourth-order valence-corrected chi connectivity index (χ4v) is 3.41. The Hall–Kier alpha value is -2.50. The normalized spacial score (nSPS) is 15.0. The van der Waals surface area contributed by atoms with Crippen LogP contribution in [0.4, 0.5) is 4.39 Å². The second kappa shape index (κ2) is 8.74. The molecule has 1 aromatic carbocycles. The minimum Gasteiger partial charge on any atom is -0.354 e. The number of hydrogen-bond acceptors (Lipinski definition) is 3. The molecule has 1 aliphatic rings. The van der Waals surface area contributed by atoms with Crippen molar-refractivity contribution in [3.63, 3.8) is 0 Å². The SMILES string of the molecule is O=C(CC1CCCCC1)NCCn1cnc(-c2ccc(F)cc2)cc1=O. The van der Waals surface area contributed by atoms with Crippen LogP contribution in [-0.4, -0.2) is 22.0 Å². The van der Waals surface area contributed by atoms with Crippen LogP contribution in [0.3, 0.4) is 0 Å². The molecular weight excluding hydrogens is 333 g/mol.